The molecule has 1 aliphatic rings. The van der Waals surface area contributed by atoms with Gasteiger partial charge in [0.25, 0.3) is 5.91 Å². The van der Waals surface area contributed by atoms with Crippen LogP contribution in [-0.4, -0.2) is 35.1 Å². The Morgan fingerprint density at radius 2 is 2.00 bits per heavy atom. The number of amides is 4. The lowest BCUT2D eigenvalue weighted by atomic mass is 9.99. The van der Waals surface area contributed by atoms with E-state index in [2.05, 4.69) is 10.6 Å². The van der Waals surface area contributed by atoms with Gasteiger partial charge in [-0.15, -0.1) is 0 Å². The third kappa shape index (κ3) is 3.08. The third-order valence-electron chi connectivity index (χ3n) is 4.14. The van der Waals surface area contributed by atoms with Crippen LogP contribution in [0.4, 0.5) is 10.5 Å². The summed E-state index contributed by atoms with van der Waals surface area (Å²) in [6.07, 6.45) is 1.40. The normalized spacial score (nSPS) is 19.4. The molecule has 0 bridgehead atoms. The van der Waals surface area contributed by atoms with Crippen LogP contribution < -0.4 is 10.6 Å². The van der Waals surface area contributed by atoms with Crippen LogP contribution in [0.2, 0.25) is 0 Å². The maximum atomic E-state index is 12.6. The molecule has 1 aromatic carbocycles. The molecular formula is C18H17N3O5. The molecule has 8 nitrogen and oxygen atoms in total. The predicted molar refractivity (Wildman–Crippen MR) is 91.4 cm³/mol. The molecule has 134 valence electrons. The molecule has 1 saturated heterocycles. The zero-order valence-corrected chi connectivity index (χ0v) is 14.2. The van der Waals surface area contributed by atoms with E-state index in [1.165, 1.54) is 26.2 Å². The average Bonchev–Trinajstić information content (AvgIpc) is 3.20. The molecule has 0 spiro atoms. The quantitative estimate of drug-likeness (QED) is 0.629. The van der Waals surface area contributed by atoms with Crippen molar-refractivity contribution in [2.75, 3.05) is 11.9 Å². The van der Waals surface area contributed by atoms with E-state index in [-0.39, 0.29) is 11.5 Å². The number of ketones is 1. The van der Waals surface area contributed by atoms with Crippen molar-refractivity contribution < 1.29 is 23.6 Å². The summed E-state index contributed by atoms with van der Waals surface area (Å²) in [6, 6.07) is 8.91. The highest BCUT2D eigenvalue weighted by molar-refractivity contribution is 6.10. The molecule has 26 heavy (non-hydrogen) atoms. The fourth-order valence-electron chi connectivity index (χ4n) is 2.73. The van der Waals surface area contributed by atoms with Gasteiger partial charge in [0.1, 0.15) is 12.3 Å². The molecule has 1 aliphatic heterocycles. The molecule has 0 saturated carbocycles. The Labute approximate surface area is 149 Å². The van der Waals surface area contributed by atoms with Crippen molar-refractivity contribution in [3.8, 4) is 0 Å². The Morgan fingerprint density at radius 1 is 1.23 bits per heavy atom. The smallest absolute Gasteiger partial charge is 0.325 e. The molecule has 1 fully saturated rings. The topological polar surface area (TPSA) is 109 Å². The SMILES string of the molecule is CC(=O)c1cccc(NC(=O)CN2C(=O)NC(C)(c3ccco3)C2=O)c1. The van der Waals surface area contributed by atoms with Crippen LogP contribution in [0.5, 0.6) is 0 Å². The van der Waals surface area contributed by atoms with Crippen molar-refractivity contribution >= 4 is 29.3 Å². The number of carbonyl (C=O) groups is 4. The molecule has 1 aromatic heterocycles. The first-order chi connectivity index (χ1) is 12.3. The van der Waals surface area contributed by atoms with E-state index in [1.54, 1.807) is 30.3 Å². The predicted octanol–water partition coefficient (Wildman–Crippen LogP) is 1.89. The lowest BCUT2D eigenvalue weighted by Crippen LogP contribution is -2.41. The Balaban J connectivity index is 1.72. The van der Waals surface area contributed by atoms with Gasteiger partial charge in [0.15, 0.2) is 11.3 Å². The molecule has 1 atom stereocenters. The summed E-state index contributed by atoms with van der Waals surface area (Å²) in [5.41, 5.74) is -0.498. The first-order valence-corrected chi connectivity index (χ1v) is 7.90. The summed E-state index contributed by atoms with van der Waals surface area (Å²) in [4.78, 5) is 49.3. The van der Waals surface area contributed by atoms with Gasteiger partial charge in [-0.05, 0) is 38.1 Å². The number of hydrogen-bond donors (Lipinski definition) is 2. The molecular weight excluding hydrogens is 338 g/mol. The number of imide groups is 1. The van der Waals surface area contributed by atoms with Crippen LogP contribution in [0.1, 0.15) is 30.0 Å². The second kappa shape index (κ2) is 6.47. The molecule has 2 aromatic rings. The van der Waals surface area contributed by atoms with Gasteiger partial charge >= 0.3 is 6.03 Å². The Hall–Kier alpha value is -3.42. The van der Waals surface area contributed by atoms with Crippen molar-refractivity contribution in [2.24, 2.45) is 0 Å². The van der Waals surface area contributed by atoms with Gasteiger partial charge < -0.3 is 15.1 Å². The van der Waals surface area contributed by atoms with Crippen molar-refractivity contribution in [3.05, 3.63) is 54.0 Å². The lowest BCUT2D eigenvalue weighted by Gasteiger charge is -2.18. The summed E-state index contributed by atoms with van der Waals surface area (Å²) in [5.74, 6) is -0.986. The van der Waals surface area contributed by atoms with Crippen molar-refractivity contribution in [1.82, 2.24) is 10.2 Å². The Bertz CT molecular complexity index is 890. The highest BCUT2D eigenvalue weighted by Gasteiger charge is 2.51. The van der Waals surface area contributed by atoms with Crippen molar-refractivity contribution in [1.29, 1.82) is 0 Å². The summed E-state index contributed by atoms with van der Waals surface area (Å²) in [5, 5.41) is 5.12. The summed E-state index contributed by atoms with van der Waals surface area (Å²) in [6.45, 7) is 2.48. The minimum Gasteiger partial charge on any atom is -0.466 e. The second-order valence-corrected chi connectivity index (χ2v) is 6.11. The maximum absolute atomic E-state index is 12.6. The largest absolute Gasteiger partial charge is 0.466 e. The van der Waals surface area contributed by atoms with Gasteiger partial charge in [-0.2, -0.15) is 0 Å². The molecule has 3 rings (SSSR count). The minimum absolute atomic E-state index is 0.135. The third-order valence-corrected chi connectivity index (χ3v) is 4.14. The second-order valence-electron chi connectivity index (χ2n) is 6.11. The molecule has 8 heteroatoms. The summed E-state index contributed by atoms with van der Waals surface area (Å²) in [7, 11) is 0. The number of furan rings is 1. The first kappa shape index (κ1) is 17.4. The summed E-state index contributed by atoms with van der Waals surface area (Å²) >= 11 is 0. The lowest BCUT2D eigenvalue weighted by molar-refractivity contribution is -0.134. The monoisotopic (exact) mass is 355 g/mol. The van der Waals surface area contributed by atoms with E-state index in [1.807, 2.05) is 0 Å². The van der Waals surface area contributed by atoms with Gasteiger partial charge in [-0.1, -0.05) is 12.1 Å². The van der Waals surface area contributed by atoms with Crippen LogP contribution in [-0.2, 0) is 15.1 Å². The first-order valence-electron chi connectivity index (χ1n) is 7.90. The number of carbonyl (C=O) groups excluding carboxylic acids is 4. The van der Waals surface area contributed by atoms with Crippen LogP contribution in [0.3, 0.4) is 0 Å². The fourth-order valence-corrected chi connectivity index (χ4v) is 2.73. The van der Waals surface area contributed by atoms with Gasteiger partial charge in [-0.25, -0.2) is 4.79 Å². The molecule has 2 N–H and O–H groups in total. The van der Waals surface area contributed by atoms with Crippen LogP contribution in [0.25, 0.3) is 0 Å². The number of rotatable bonds is 5. The van der Waals surface area contributed by atoms with Gasteiger partial charge in [-0.3, -0.25) is 19.3 Å². The van der Waals surface area contributed by atoms with E-state index in [9.17, 15) is 19.2 Å². The molecule has 4 amide bonds. The molecule has 0 aliphatic carbocycles. The van der Waals surface area contributed by atoms with Crippen molar-refractivity contribution in [2.45, 2.75) is 19.4 Å². The van der Waals surface area contributed by atoms with Crippen LogP contribution >= 0.6 is 0 Å². The highest BCUT2D eigenvalue weighted by atomic mass is 16.3. The summed E-state index contributed by atoms with van der Waals surface area (Å²) < 4.78 is 5.23. The standard InChI is InChI=1S/C18H17N3O5/c1-11(22)12-5-3-6-13(9-12)19-15(23)10-21-16(24)18(2,20-17(21)25)14-7-4-8-26-14/h3-9H,10H2,1-2H3,(H,19,23)(H,20,25). The number of nitrogens with zero attached hydrogens (tertiary/aromatic N) is 1. The van der Waals surface area contributed by atoms with Crippen LogP contribution in [0.15, 0.2) is 47.1 Å². The van der Waals surface area contributed by atoms with E-state index in [0.717, 1.165) is 4.90 Å². The molecule has 2 heterocycles. The van der Waals surface area contributed by atoms with E-state index < -0.39 is 29.9 Å². The van der Waals surface area contributed by atoms with Crippen LogP contribution in [0, 0.1) is 0 Å². The number of Topliss-reactive ketones (excluding diaryl/α,β-unsaturated/α-hetero) is 1. The molecule has 0 radical (unpaired) electrons. The Morgan fingerprint density at radius 3 is 2.65 bits per heavy atom. The number of urea groups is 1. The molecule has 1 unspecified atom stereocenters. The van der Waals surface area contributed by atoms with Crippen molar-refractivity contribution in [3.63, 3.8) is 0 Å². The number of hydrogen-bond acceptors (Lipinski definition) is 5. The fraction of sp³-hybridized carbons (Fsp3) is 0.222. The van der Waals surface area contributed by atoms with Gasteiger partial charge in [0.2, 0.25) is 5.91 Å². The minimum atomic E-state index is -1.35. The average molecular weight is 355 g/mol. The maximum Gasteiger partial charge on any atom is 0.325 e. The van der Waals surface area contributed by atoms with E-state index in [0.29, 0.717) is 11.3 Å². The number of anilines is 1. The van der Waals surface area contributed by atoms with E-state index >= 15 is 0 Å². The Kier molecular flexibility index (Phi) is 4.33. The number of nitrogens with one attached hydrogen (secondary N) is 2. The van der Waals surface area contributed by atoms with Gasteiger partial charge in [0, 0.05) is 11.3 Å². The zero-order valence-electron chi connectivity index (χ0n) is 14.2. The number of benzene rings is 1. The van der Waals surface area contributed by atoms with Gasteiger partial charge in [0.05, 0.1) is 6.26 Å². The van der Waals surface area contributed by atoms with E-state index in [4.69, 9.17) is 4.42 Å². The zero-order chi connectivity index (χ0) is 18.9. The highest BCUT2D eigenvalue weighted by Crippen LogP contribution is 2.28.